The lowest BCUT2D eigenvalue weighted by molar-refractivity contribution is -0.136. The van der Waals surface area contributed by atoms with Gasteiger partial charge in [0, 0.05) is 42.5 Å². The molecule has 2 amide bonds. The van der Waals surface area contributed by atoms with Crippen LogP contribution in [-0.4, -0.2) is 49.0 Å². The number of carbonyl (C=O) groups is 2. The molecule has 0 spiro atoms. The number of aromatic amines is 1. The van der Waals surface area contributed by atoms with E-state index in [-0.39, 0.29) is 23.9 Å². The van der Waals surface area contributed by atoms with E-state index in [9.17, 15) is 9.59 Å². The van der Waals surface area contributed by atoms with Gasteiger partial charge in [0.2, 0.25) is 11.8 Å². The number of pyridine rings is 1. The number of nitrogens with one attached hydrogen (secondary N) is 2. The van der Waals surface area contributed by atoms with Crippen LogP contribution in [0.2, 0.25) is 0 Å². The molecule has 2 saturated heterocycles. The maximum Gasteiger partial charge on any atom is 0.229 e. The first-order chi connectivity index (χ1) is 15.2. The average Bonchev–Trinajstić information content (AvgIpc) is 3.57. The molecule has 31 heavy (non-hydrogen) atoms. The van der Waals surface area contributed by atoms with Gasteiger partial charge in [-0.25, -0.2) is 4.98 Å². The molecule has 0 aliphatic carbocycles. The Balaban J connectivity index is 1.39. The van der Waals surface area contributed by atoms with Gasteiger partial charge in [0.15, 0.2) is 0 Å². The second kappa shape index (κ2) is 8.22. The largest absolute Gasteiger partial charge is 0.350 e. The Morgan fingerprint density at radius 1 is 1.29 bits per heavy atom. The second-order valence-electron chi connectivity index (χ2n) is 8.37. The van der Waals surface area contributed by atoms with Crippen molar-refractivity contribution in [3.63, 3.8) is 0 Å². The van der Waals surface area contributed by atoms with Crippen LogP contribution in [0.3, 0.4) is 0 Å². The number of rotatable bonds is 7. The molecule has 2 fully saturated rings. The van der Waals surface area contributed by atoms with E-state index in [0.29, 0.717) is 25.8 Å². The summed E-state index contributed by atoms with van der Waals surface area (Å²) in [5, 5.41) is 11.9. The first-order valence-electron chi connectivity index (χ1n) is 10.5. The van der Waals surface area contributed by atoms with E-state index in [4.69, 9.17) is 0 Å². The molecule has 160 valence electrons. The Morgan fingerprint density at radius 2 is 2.23 bits per heavy atom. The fourth-order valence-electron chi connectivity index (χ4n) is 5.23. The highest BCUT2D eigenvalue weighted by Crippen LogP contribution is 2.52. The quantitative estimate of drug-likeness (QED) is 0.590. The Bertz CT molecular complexity index is 1040. The van der Waals surface area contributed by atoms with Gasteiger partial charge < -0.3 is 10.2 Å². The fourth-order valence-corrected chi connectivity index (χ4v) is 5.78. The van der Waals surface area contributed by atoms with Crippen molar-refractivity contribution in [2.75, 3.05) is 0 Å². The molecule has 0 radical (unpaired) electrons. The molecule has 9 heteroatoms. The van der Waals surface area contributed by atoms with Crippen molar-refractivity contribution in [2.45, 2.75) is 50.7 Å². The molecular formula is C22H24N6O2S. The number of thiazole rings is 1. The molecule has 0 unspecified atom stereocenters. The van der Waals surface area contributed by atoms with E-state index < -0.39 is 5.41 Å². The third-order valence-corrected chi connectivity index (χ3v) is 7.17. The minimum atomic E-state index is -0.665. The average molecular weight is 437 g/mol. The van der Waals surface area contributed by atoms with Crippen molar-refractivity contribution in [3.05, 3.63) is 64.6 Å². The van der Waals surface area contributed by atoms with Gasteiger partial charge in [-0.15, -0.1) is 11.3 Å². The molecule has 0 saturated carbocycles. The number of carbonyl (C=O) groups excluding carboxylic acids is 2. The number of amides is 2. The van der Waals surface area contributed by atoms with Crippen LogP contribution in [0.1, 0.15) is 36.2 Å². The summed E-state index contributed by atoms with van der Waals surface area (Å²) in [6, 6.07) is 5.58. The van der Waals surface area contributed by atoms with Crippen molar-refractivity contribution >= 4 is 23.2 Å². The predicted molar refractivity (Wildman–Crippen MR) is 115 cm³/mol. The summed E-state index contributed by atoms with van der Waals surface area (Å²) in [7, 11) is 0. The molecule has 5 rings (SSSR count). The highest BCUT2D eigenvalue weighted by Gasteiger charge is 2.61. The van der Waals surface area contributed by atoms with Crippen LogP contribution in [0.25, 0.3) is 0 Å². The monoisotopic (exact) mass is 436 g/mol. The number of H-pyrrole nitrogens is 1. The van der Waals surface area contributed by atoms with E-state index >= 15 is 0 Å². The predicted octanol–water partition coefficient (Wildman–Crippen LogP) is 2.11. The maximum absolute atomic E-state index is 13.6. The Morgan fingerprint density at radius 3 is 2.97 bits per heavy atom. The third kappa shape index (κ3) is 3.74. The minimum absolute atomic E-state index is 0.0125. The molecule has 2 N–H and O–H groups in total. The molecule has 3 aromatic heterocycles. The lowest BCUT2D eigenvalue weighted by atomic mass is 9.70. The summed E-state index contributed by atoms with van der Waals surface area (Å²) in [5.74, 6) is 0.0588. The topological polar surface area (TPSA) is 104 Å². The molecule has 3 atom stereocenters. The smallest absolute Gasteiger partial charge is 0.229 e. The number of hydrogen-bond donors (Lipinski definition) is 2. The lowest BCUT2D eigenvalue weighted by Crippen LogP contribution is -2.51. The Kier molecular flexibility index (Phi) is 5.27. The van der Waals surface area contributed by atoms with E-state index in [0.717, 1.165) is 29.8 Å². The minimum Gasteiger partial charge on any atom is -0.350 e. The van der Waals surface area contributed by atoms with Gasteiger partial charge in [-0.1, -0.05) is 6.07 Å². The van der Waals surface area contributed by atoms with E-state index in [2.05, 4.69) is 25.5 Å². The number of fused-ring (bicyclic) bond motifs is 2. The molecule has 8 nitrogen and oxygen atoms in total. The van der Waals surface area contributed by atoms with E-state index in [1.54, 1.807) is 24.1 Å². The Labute approximate surface area is 184 Å². The molecular weight excluding hydrogens is 412 g/mol. The third-order valence-electron chi connectivity index (χ3n) is 6.54. The molecule has 2 bridgehead atoms. The van der Waals surface area contributed by atoms with Gasteiger partial charge in [-0.05, 0) is 37.0 Å². The van der Waals surface area contributed by atoms with Crippen molar-refractivity contribution in [2.24, 2.45) is 5.41 Å². The van der Waals surface area contributed by atoms with Crippen LogP contribution < -0.4 is 5.32 Å². The SMILES string of the molecule is O=C(Cc1cccnc1)N1[C@@H]2CC[C@H]1[C@@](Cc1cscn1)(C(=O)NCc1ccn[nH]1)C2. The van der Waals surface area contributed by atoms with E-state index in [1.807, 2.05) is 28.5 Å². The van der Waals surface area contributed by atoms with Crippen molar-refractivity contribution in [1.29, 1.82) is 0 Å². The standard InChI is InChI=1S/C22H24N6O2S/c29-20(8-15-2-1-6-23-11-15)28-18-3-4-19(28)22(10-18,9-17-13-31-14-25-17)21(30)24-12-16-5-7-26-27-16/h1-2,5-7,11,13-14,18-19H,3-4,8-10,12H2,(H,24,30)(H,26,27)/t18-,19+,22+/m1/s1. The molecule has 0 aromatic carbocycles. The first-order valence-corrected chi connectivity index (χ1v) is 11.4. The fraction of sp³-hybridized carbons (Fsp3) is 0.409. The summed E-state index contributed by atoms with van der Waals surface area (Å²) in [6.45, 7) is 0.388. The van der Waals surface area contributed by atoms with Gasteiger partial charge in [0.25, 0.3) is 0 Å². The van der Waals surface area contributed by atoms with Crippen molar-refractivity contribution < 1.29 is 9.59 Å². The van der Waals surface area contributed by atoms with Gasteiger partial charge >= 0.3 is 0 Å². The zero-order valence-electron chi connectivity index (χ0n) is 17.0. The second-order valence-corrected chi connectivity index (χ2v) is 9.09. The highest BCUT2D eigenvalue weighted by atomic mass is 32.1. The maximum atomic E-state index is 13.6. The van der Waals surface area contributed by atoms with Crippen LogP contribution in [0.15, 0.2) is 47.7 Å². The normalized spacial score (nSPS) is 24.5. The van der Waals surface area contributed by atoms with Crippen LogP contribution in [-0.2, 0) is 29.0 Å². The van der Waals surface area contributed by atoms with Crippen LogP contribution >= 0.6 is 11.3 Å². The molecule has 2 aliphatic rings. The summed E-state index contributed by atoms with van der Waals surface area (Å²) < 4.78 is 0. The molecule has 5 heterocycles. The molecule has 3 aromatic rings. The summed E-state index contributed by atoms with van der Waals surface area (Å²) in [6.07, 6.45) is 8.41. The number of hydrogen-bond acceptors (Lipinski definition) is 6. The number of aromatic nitrogens is 4. The van der Waals surface area contributed by atoms with Gasteiger partial charge in [0.1, 0.15) is 0 Å². The Hall–Kier alpha value is -3.07. The lowest BCUT2D eigenvalue weighted by Gasteiger charge is -2.35. The molecule has 2 aliphatic heterocycles. The zero-order valence-corrected chi connectivity index (χ0v) is 17.8. The van der Waals surface area contributed by atoms with Gasteiger partial charge in [0.05, 0.1) is 35.3 Å². The van der Waals surface area contributed by atoms with Crippen molar-refractivity contribution in [1.82, 2.24) is 30.4 Å². The summed E-state index contributed by atoms with van der Waals surface area (Å²) in [4.78, 5) is 37.4. The van der Waals surface area contributed by atoms with Crippen LogP contribution in [0, 0.1) is 5.41 Å². The zero-order chi connectivity index (χ0) is 21.3. The van der Waals surface area contributed by atoms with Gasteiger partial charge in [-0.2, -0.15) is 5.10 Å². The van der Waals surface area contributed by atoms with Crippen LogP contribution in [0.4, 0.5) is 0 Å². The van der Waals surface area contributed by atoms with Gasteiger partial charge in [-0.3, -0.25) is 19.7 Å². The number of nitrogens with zero attached hydrogens (tertiary/aromatic N) is 4. The first kappa shape index (κ1) is 19.9. The highest BCUT2D eigenvalue weighted by molar-refractivity contribution is 7.07. The van der Waals surface area contributed by atoms with E-state index in [1.165, 1.54) is 11.3 Å². The van der Waals surface area contributed by atoms with Crippen molar-refractivity contribution in [3.8, 4) is 0 Å². The summed E-state index contributed by atoms with van der Waals surface area (Å²) in [5.41, 5.74) is 3.79. The van der Waals surface area contributed by atoms with Crippen LogP contribution in [0.5, 0.6) is 0 Å². The summed E-state index contributed by atoms with van der Waals surface area (Å²) >= 11 is 1.53.